The minimum atomic E-state index is -0.956. The maximum Gasteiger partial charge on any atom is 0.528 e. The van der Waals surface area contributed by atoms with Gasteiger partial charge in [-0.25, -0.2) is 4.79 Å². The Morgan fingerprint density at radius 2 is 2.43 bits per heavy atom. The quantitative estimate of drug-likeness (QED) is 0.356. The second-order valence-corrected chi connectivity index (χ2v) is 0.785. The van der Waals surface area contributed by atoms with Gasteiger partial charge in [-0.2, -0.15) is 0 Å². The molecule has 0 aromatic heterocycles. The zero-order chi connectivity index (χ0) is 5.70. The summed E-state index contributed by atoms with van der Waals surface area (Å²) in [6.07, 6.45) is -0.956. The molecule has 0 aromatic carbocycles. The van der Waals surface area contributed by atoms with Gasteiger partial charge in [0, 0.05) is 0 Å². The average Bonchev–Trinajstić information content (AvgIpc) is 1.68. The average molecular weight is 104 g/mol. The molecule has 0 aliphatic carbocycles. The Morgan fingerprint density at radius 1 is 1.86 bits per heavy atom. The Labute approximate surface area is 41.2 Å². The van der Waals surface area contributed by atoms with Gasteiger partial charge in [-0.3, -0.25) is 0 Å². The van der Waals surface area contributed by atoms with Gasteiger partial charge in [0.05, 0.1) is 6.61 Å². The molecule has 0 aliphatic heterocycles. The fourth-order valence-electron chi connectivity index (χ4n) is 0.147. The SMILES string of the molecule is CCOC(=O)O[NH]. The van der Waals surface area contributed by atoms with Crippen molar-refractivity contribution in [3.05, 3.63) is 0 Å². The van der Waals surface area contributed by atoms with Crippen molar-refractivity contribution < 1.29 is 14.4 Å². The minimum Gasteiger partial charge on any atom is -0.433 e. The smallest absolute Gasteiger partial charge is 0.433 e. The second-order valence-electron chi connectivity index (χ2n) is 0.785. The van der Waals surface area contributed by atoms with Gasteiger partial charge in [0.1, 0.15) is 0 Å². The van der Waals surface area contributed by atoms with Crippen LogP contribution in [0.5, 0.6) is 0 Å². The summed E-state index contributed by atoms with van der Waals surface area (Å²) >= 11 is 0. The van der Waals surface area contributed by atoms with Crippen molar-refractivity contribution in [2.24, 2.45) is 0 Å². The predicted molar refractivity (Wildman–Crippen MR) is 21.2 cm³/mol. The summed E-state index contributed by atoms with van der Waals surface area (Å²) in [5.41, 5.74) is 0. The molecule has 1 radical (unpaired) electrons. The van der Waals surface area contributed by atoms with E-state index in [1.54, 1.807) is 6.92 Å². The zero-order valence-corrected chi connectivity index (χ0v) is 3.93. The van der Waals surface area contributed by atoms with Gasteiger partial charge in [-0.05, 0) is 12.8 Å². The Kier molecular flexibility index (Phi) is 3.04. The van der Waals surface area contributed by atoms with E-state index in [4.69, 9.17) is 5.90 Å². The van der Waals surface area contributed by atoms with Gasteiger partial charge < -0.3 is 9.57 Å². The molecule has 0 spiro atoms. The summed E-state index contributed by atoms with van der Waals surface area (Å²) in [5.74, 6) is 5.94. The van der Waals surface area contributed by atoms with E-state index in [0.29, 0.717) is 0 Å². The fraction of sp³-hybridized carbons (Fsp3) is 0.667. The van der Waals surface area contributed by atoms with Crippen molar-refractivity contribution in [2.75, 3.05) is 6.61 Å². The molecule has 0 amide bonds. The van der Waals surface area contributed by atoms with Gasteiger partial charge in [0.15, 0.2) is 0 Å². The third-order valence-corrected chi connectivity index (χ3v) is 0.346. The lowest BCUT2D eigenvalue weighted by atomic mass is 10.9. The molecule has 0 aliphatic rings. The number of nitrogens with one attached hydrogen (secondary N) is 1. The topological polar surface area (TPSA) is 59.3 Å². The van der Waals surface area contributed by atoms with E-state index in [1.807, 2.05) is 0 Å². The monoisotopic (exact) mass is 104 g/mol. The number of rotatable bonds is 1. The van der Waals surface area contributed by atoms with Crippen LogP contribution in [0.3, 0.4) is 0 Å². The van der Waals surface area contributed by atoms with Crippen molar-refractivity contribution in [3.8, 4) is 0 Å². The van der Waals surface area contributed by atoms with Crippen molar-refractivity contribution in [1.29, 1.82) is 0 Å². The van der Waals surface area contributed by atoms with Crippen LogP contribution in [-0.4, -0.2) is 12.8 Å². The number of hydrogen-bond donors (Lipinski definition) is 0. The molecule has 7 heavy (non-hydrogen) atoms. The first-order valence-electron chi connectivity index (χ1n) is 1.81. The van der Waals surface area contributed by atoms with Crippen LogP contribution in [0.15, 0.2) is 0 Å². The van der Waals surface area contributed by atoms with Crippen molar-refractivity contribution in [2.45, 2.75) is 6.92 Å². The molecule has 0 atom stereocenters. The normalized spacial score (nSPS) is 7.71. The summed E-state index contributed by atoms with van der Waals surface area (Å²) in [6.45, 7) is 1.88. The molecule has 41 valence electrons. The molecular formula is C3H6NO3. The molecule has 0 fully saturated rings. The molecule has 4 nitrogen and oxygen atoms in total. The first-order valence-corrected chi connectivity index (χ1v) is 1.81. The first-order chi connectivity index (χ1) is 3.31. The Morgan fingerprint density at radius 3 is 2.57 bits per heavy atom. The fourth-order valence-corrected chi connectivity index (χ4v) is 0.147. The molecule has 0 aromatic rings. The van der Waals surface area contributed by atoms with Crippen LogP contribution in [0.4, 0.5) is 4.79 Å². The molecule has 0 heterocycles. The lowest BCUT2D eigenvalue weighted by molar-refractivity contribution is 0.0521. The highest BCUT2D eigenvalue weighted by Gasteiger charge is 1.95. The van der Waals surface area contributed by atoms with E-state index < -0.39 is 6.16 Å². The highest BCUT2D eigenvalue weighted by atomic mass is 16.8. The Balaban J connectivity index is 3.00. The molecule has 0 saturated carbocycles. The van der Waals surface area contributed by atoms with Gasteiger partial charge in [-0.1, -0.05) is 0 Å². The van der Waals surface area contributed by atoms with Crippen LogP contribution in [0.2, 0.25) is 0 Å². The van der Waals surface area contributed by atoms with Crippen LogP contribution < -0.4 is 5.90 Å². The van der Waals surface area contributed by atoms with Crippen LogP contribution in [0.25, 0.3) is 0 Å². The van der Waals surface area contributed by atoms with Crippen LogP contribution in [-0.2, 0) is 9.57 Å². The third-order valence-electron chi connectivity index (χ3n) is 0.346. The van der Waals surface area contributed by atoms with Crippen LogP contribution in [0.1, 0.15) is 6.92 Å². The number of ether oxygens (including phenoxy) is 1. The van der Waals surface area contributed by atoms with E-state index in [-0.39, 0.29) is 6.61 Å². The van der Waals surface area contributed by atoms with Crippen molar-refractivity contribution in [1.82, 2.24) is 5.90 Å². The molecule has 0 unspecified atom stereocenters. The summed E-state index contributed by atoms with van der Waals surface area (Å²) < 4.78 is 4.14. The molecule has 0 bridgehead atoms. The number of carbonyl (C=O) groups is 1. The highest BCUT2D eigenvalue weighted by molar-refractivity contribution is 5.59. The van der Waals surface area contributed by atoms with Gasteiger partial charge in [0.25, 0.3) is 0 Å². The summed E-state index contributed by atoms with van der Waals surface area (Å²) in [4.78, 5) is 13.2. The number of carbonyl (C=O) groups excluding carboxylic acids is 1. The third kappa shape index (κ3) is 3.05. The Hall–Kier alpha value is -0.770. The molecular weight excluding hydrogens is 98.0 g/mol. The maximum absolute atomic E-state index is 9.78. The second kappa shape index (κ2) is 3.42. The van der Waals surface area contributed by atoms with Gasteiger partial charge in [-0.15, -0.1) is 0 Å². The molecule has 4 heteroatoms. The summed E-state index contributed by atoms with van der Waals surface area (Å²) in [7, 11) is 0. The molecule has 0 saturated heterocycles. The largest absolute Gasteiger partial charge is 0.528 e. The van der Waals surface area contributed by atoms with E-state index in [9.17, 15) is 4.79 Å². The van der Waals surface area contributed by atoms with E-state index >= 15 is 0 Å². The predicted octanol–water partition coefficient (Wildman–Crippen LogP) is 0.357. The summed E-state index contributed by atoms with van der Waals surface area (Å²) in [5, 5.41) is 0. The summed E-state index contributed by atoms with van der Waals surface area (Å²) in [6, 6.07) is 0. The van der Waals surface area contributed by atoms with E-state index in [1.165, 1.54) is 0 Å². The lowest BCUT2D eigenvalue weighted by Gasteiger charge is -1.92. The highest BCUT2D eigenvalue weighted by Crippen LogP contribution is 1.76. The lowest BCUT2D eigenvalue weighted by Crippen LogP contribution is -2.04. The Bertz CT molecular complexity index is 63.2. The van der Waals surface area contributed by atoms with E-state index in [2.05, 4.69) is 9.57 Å². The molecule has 1 N–H and O–H groups in total. The molecule has 0 rings (SSSR count). The number of hydrogen-bond acceptors (Lipinski definition) is 3. The first kappa shape index (κ1) is 6.23. The van der Waals surface area contributed by atoms with Gasteiger partial charge >= 0.3 is 6.16 Å². The van der Waals surface area contributed by atoms with Crippen molar-refractivity contribution in [3.63, 3.8) is 0 Å². The maximum atomic E-state index is 9.78. The van der Waals surface area contributed by atoms with Crippen LogP contribution >= 0.6 is 0 Å². The van der Waals surface area contributed by atoms with Crippen LogP contribution in [0, 0.1) is 0 Å². The van der Waals surface area contributed by atoms with E-state index in [0.717, 1.165) is 0 Å². The minimum absolute atomic E-state index is 0.248. The standard InChI is InChI=1S/C3H6NO3/c1-2-6-3(5)7-4/h4H,2H2,1H3. The zero-order valence-electron chi connectivity index (χ0n) is 3.93. The van der Waals surface area contributed by atoms with Gasteiger partial charge in [0.2, 0.25) is 0 Å². The van der Waals surface area contributed by atoms with Crippen molar-refractivity contribution >= 4 is 6.16 Å².